The van der Waals surface area contributed by atoms with Crippen LogP contribution in [0.25, 0.3) is 0 Å². The Morgan fingerprint density at radius 2 is 2.19 bits per heavy atom. The number of hydrogen-bond donors (Lipinski definition) is 4. The van der Waals surface area contributed by atoms with Crippen LogP contribution in [0.4, 0.5) is 0 Å². The lowest BCUT2D eigenvalue weighted by atomic mass is 10.1. The summed E-state index contributed by atoms with van der Waals surface area (Å²) in [7, 11) is 0. The molecule has 5 N–H and O–H groups in total. The van der Waals surface area contributed by atoms with E-state index >= 15 is 0 Å². The summed E-state index contributed by atoms with van der Waals surface area (Å²) in [6, 6.07) is -0.220. The molecule has 2 unspecified atom stereocenters. The van der Waals surface area contributed by atoms with Gasteiger partial charge in [-0.1, -0.05) is 12.8 Å². The molecule has 1 heterocycles. The summed E-state index contributed by atoms with van der Waals surface area (Å²) >= 11 is 0. The molecule has 0 saturated carbocycles. The van der Waals surface area contributed by atoms with Crippen molar-refractivity contribution in [3.05, 3.63) is 0 Å². The summed E-state index contributed by atoms with van der Waals surface area (Å²) in [5.74, 6) is -1.00. The zero-order valence-corrected chi connectivity index (χ0v) is 9.24. The van der Waals surface area contributed by atoms with Gasteiger partial charge in [0.15, 0.2) is 0 Å². The number of rotatable bonds is 4. The summed E-state index contributed by atoms with van der Waals surface area (Å²) < 4.78 is 0. The van der Waals surface area contributed by atoms with Crippen molar-refractivity contribution in [2.75, 3.05) is 13.1 Å². The van der Waals surface area contributed by atoms with Gasteiger partial charge in [0.1, 0.15) is 6.10 Å². The average molecular weight is 229 g/mol. The predicted octanol–water partition coefficient (Wildman–Crippen LogP) is -1.52. The van der Waals surface area contributed by atoms with E-state index in [2.05, 4.69) is 10.6 Å². The normalized spacial score (nSPS) is 23.2. The van der Waals surface area contributed by atoms with E-state index in [0.29, 0.717) is 0 Å². The van der Waals surface area contributed by atoms with Crippen LogP contribution in [-0.4, -0.2) is 42.2 Å². The number of carbonyl (C=O) groups excluding carboxylic acids is 2. The van der Waals surface area contributed by atoms with Gasteiger partial charge in [-0.3, -0.25) is 9.59 Å². The van der Waals surface area contributed by atoms with Gasteiger partial charge < -0.3 is 21.5 Å². The molecule has 0 aliphatic carbocycles. The third-order valence-corrected chi connectivity index (χ3v) is 2.67. The van der Waals surface area contributed by atoms with Crippen LogP contribution >= 0.6 is 0 Å². The van der Waals surface area contributed by atoms with E-state index in [4.69, 9.17) is 10.8 Å². The highest BCUT2D eigenvalue weighted by atomic mass is 16.3. The van der Waals surface area contributed by atoms with Crippen molar-refractivity contribution in [1.29, 1.82) is 0 Å². The van der Waals surface area contributed by atoms with Gasteiger partial charge in [0, 0.05) is 0 Å². The van der Waals surface area contributed by atoms with E-state index in [1.807, 2.05) is 0 Å². The zero-order chi connectivity index (χ0) is 12.0. The molecule has 6 heteroatoms. The molecule has 2 amide bonds. The van der Waals surface area contributed by atoms with Crippen molar-refractivity contribution in [3.63, 3.8) is 0 Å². The Kier molecular flexibility index (Phi) is 5.21. The molecule has 1 fully saturated rings. The largest absolute Gasteiger partial charge is 0.381 e. The van der Waals surface area contributed by atoms with Crippen molar-refractivity contribution in [2.45, 2.75) is 37.8 Å². The van der Waals surface area contributed by atoms with Crippen molar-refractivity contribution in [2.24, 2.45) is 5.73 Å². The van der Waals surface area contributed by atoms with Gasteiger partial charge in [-0.15, -0.1) is 0 Å². The van der Waals surface area contributed by atoms with E-state index in [1.165, 1.54) is 0 Å². The minimum absolute atomic E-state index is 0.119. The van der Waals surface area contributed by atoms with Crippen molar-refractivity contribution in [3.8, 4) is 0 Å². The number of primary amides is 1. The molecule has 2 atom stereocenters. The van der Waals surface area contributed by atoms with Crippen LogP contribution in [0.1, 0.15) is 25.7 Å². The summed E-state index contributed by atoms with van der Waals surface area (Å²) in [4.78, 5) is 22.2. The molecular weight excluding hydrogens is 210 g/mol. The van der Waals surface area contributed by atoms with Crippen LogP contribution in [0.2, 0.25) is 0 Å². The number of aliphatic hydroxyl groups excluding tert-OH is 1. The number of amides is 2. The summed E-state index contributed by atoms with van der Waals surface area (Å²) in [6.45, 7) is 0.711. The first-order valence-electron chi connectivity index (χ1n) is 5.59. The quantitative estimate of drug-likeness (QED) is 0.470. The zero-order valence-electron chi connectivity index (χ0n) is 9.24. The Morgan fingerprint density at radius 3 is 2.88 bits per heavy atom. The first-order valence-corrected chi connectivity index (χ1v) is 5.59. The highest BCUT2D eigenvalue weighted by Crippen LogP contribution is 2.08. The molecule has 0 aromatic carbocycles. The van der Waals surface area contributed by atoms with E-state index < -0.39 is 12.0 Å². The van der Waals surface area contributed by atoms with Crippen molar-refractivity contribution >= 4 is 11.8 Å². The molecule has 1 saturated heterocycles. The Balaban J connectivity index is 2.30. The Morgan fingerprint density at radius 1 is 1.44 bits per heavy atom. The SMILES string of the molecule is NC(=O)C(O)CNC(=O)C1CCCCCN1. The van der Waals surface area contributed by atoms with Gasteiger partial charge in [-0.05, 0) is 19.4 Å². The number of aliphatic hydroxyl groups is 1. The van der Waals surface area contributed by atoms with Crippen molar-refractivity contribution in [1.82, 2.24) is 10.6 Å². The monoisotopic (exact) mass is 229 g/mol. The van der Waals surface area contributed by atoms with Crippen LogP contribution in [0.15, 0.2) is 0 Å². The Hall–Kier alpha value is -1.14. The average Bonchev–Trinajstić information content (AvgIpc) is 2.53. The third kappa shape index (κ3) is 4.16. The Labute approximate surface area is 94.6 Å². The van der Waals surface area contributed by atoms with Gasteiger partial charge in [-0.2, -0.15) is 0 Å². The van der Waals surface area contributed by atoms with E-state index in [0.717, 1.165) is 32.2 Å². The lowest BCUT2D eigenvalue weighted by Gasteiger charge is -2.16. The van der Waals surface area contributed by atoms with Gasteiger partial charge in [0.05, 0.1) is 12.6 Å². The standard InChI is InChI=1S/C10H19N3O3/c11-9(15)8(14)6-13-10(16)7-4-2-1-3-5-12-7/h7-8,12,14H,1-6H2,(H2,11,15)(H,13,16). The number of nitrogens with one attached hydrogen (secondary N) is 2. The second kappa shape index (κ2) is 6.44. The summed E-state index contributed by atoms with van der Waals surface area (Å²) in [5, 5.41) is 14.8. The first-order chi connectivity index (χ1) is 7.61. The fourth-order valence-corrected chi connectivity index (χ4v) is 1.67. The lowest BCUT2D eigenvalue weighted by molar-refractivity contribution is -0.127. The maximum absolute atomic E-state index is 11.6. The third-order valence-electron chi connectivity index (χ3n) is 2.67. The molecule has 1 aliphatic heterocycles. The van der Waals surface area contributed by atoms with E-state index in [9.17, 15) is 9.59 Å². The molecule has 1 aliphatic rings. The minimum atomic E-state index is -1.31. The van der Waals surface area contributed by atoms with Crippen molar-refractivity contribution < 1.29 is 14.7 Å². The fraction of sp³-hybridized carbons (Fsp3) is 0.800. The molecule has 92 valence electrons. The highest BCUT2D eigenvalue weighted by molar-refractivity contribution is 5.83. The second-order valence-corrected chi connectivity index (χ2v) is 4.02. The molecular formula is C10H19N3O3. The van der Waals surface area contributed by atoms with Crippen LogP contribution < -0.4 is 16.4 Å². The van der Waals surface area contributed by atoms with Gasteiger partial charge in [0.25, 0.3) is 0 Å². The van der Waals surface area contributed by atoms with Gasteiger partial charge in [-0.25, -0.2) is 0 Å². The van der Waals surface area contributed by atoms with E-state index in [1.54, 1.807) is 0 Å². The second-order valence-electron chi connectivity index (χ2n) is 4.02. The topological polar surface area (TPSA) is 104 Å². The molecule has 0 spiro atoms. The predicted molar refractivity (Wildman–Crippen MR) is 58.5 cm³/mol. The molecule has 0 aromatic heterocycles. The maximum Gasteiger partial charge on any atom is 0.248 e. The maximum atomic E-state index is 11.6. The number of nitrogens with two attached hydrogens (primary N) is 1. The minimum Gasteiger partial charge on any atom is -0.381 e. The molecule has 16 heavy (non-hydrogen) atoms. The smallest absolute Gasteiger partial charge is 0.248 e. The number of carbonyl (C=O) groups is 2. The number of hydrogen-bond acceptors (Lipinski definition) is 4. The van der Waals surface area contributed by atoms with E-state index in [-0.39, 0.29) is 18.5 Å². The molecule has 0 bridgehead atoms. The molecule has 1 rings (SSSR count). The van der Waals surface area contributed by atoms with Crippen LogP contribution in [0.3, 0.4) is 0 Å². The molecule has 0 aromatic rings. The lowest BCUT2D eigenvalue weighted by Crippen LogP contribution is -2.47. The molecule has 6 nitrogen and oxygen atoms in total. The molecule has 0 radical (unpaired) electrons. The first kappa shape index (κ1) is 12.9. The summed E-state index contributed by atoms with van der Waals surface area (Å²) in [5.41, 5.74) is 4.87. The van der Waals surface area contributed by atoms with Crippen LogP contribution in [0, 0.1) is 0 Å². The highest BCUT2D eigenvalue weighted by Gasteiger charge is 2.20. The summed E-state index contributed by atoms with van der Waals surface area (Å²) in [6.07, 6.45) is 2.70. The van der Waals surface area contributed by atoms with Gasteiger partial charge in [0.2, 0.25) is 11.8 Å². The van der Waals surface area contributed by atoms with Gasteiger partial charge >= 0.3 is 0 Å². The van der Waals surface area contributed by atoms with Crippen LogP contribution in [-0.2, 0) is 9.59 Å². The Bertz CT molecular complexity index is 250. The van der Waals surface area contributed by atoms with Crippen LogP contribution in [0.5, 0.6) is 0 Å². The fourth-order valence-electron chi connectivity index (χ4n) is 1.67.